The highest BCUT2D eigenvalue weighted by atomic mass is 35.5. The Balaban J connectivity index is 2.83. The fourth-order valence-corrected chi connectivity index (χ4v) is 1.15. The Morgan fingerprint density at radius 1 is 1.75 bits per heavy atom. The molecule has 0 spiro atoms. The molecule has 0 aromatic rings. The summed E-state index contributed by atoms with van der Waals surface area (Å²) < 4.78 is 0. The minimum absolute atomic E-state index is 0.597. The van der Waals surface area contributed by atoms with Gasteiger partial charge in [-0.2, -0.15) is 5.01 Å². The smallest absolute Gasteiger partial charge is 0.286 e. The quantitative estimate of drug-likeness (QED) is 0.264. The minimum atomic E-state index is -1.18. The molecule has 0 aromatic heterocycles. The molecule has 1 unspecified atom stereocenters. The topological polar surface area (TPSA) is 66.7 Å². The molecule has 0 aliphatic carbocycles. The first-order valence-corrected chi connectivity index (χ1v) is 3.45. The van der Waals surface area contributed by atoms with Crippen LogP contribution >= 0.6 is 11.6 Å². The monoisotopic (exact) mass is 191 g/mol. The molecule has 0 fully saturated rings. The lowest BCUT2D eigenvalue weighted by Crippen LogP contribution is -2.44. The lowest BCUT2D eigenvalue weighted by molar-refractivity contribution is -0.536. The number of hydrogen-bond donors (Lipinski definition) is 0. The maximum Gasteiger partial charge on any atom is 0.341 e. The summed E-state index contributed by atoms with van der Waals surface area (Å²) in [6, 6.07) is 0. The van der Waals surface area contributed by atoms with Crippen LogP contribution in [0, 0.1) is 10.1 Å². The number of nitro groups is 1. The third-order valence-electron chi connectivity index (χ3n) is 1.46. The van der Waals surface area contributed by atoms with Crippen molar-refractivity contribution in [3.63, 3.8) is 0 Å². The van der Waals surface area contributed by atoms with Gasteiger partial charge in [-0.3, -0.25) is 19.9 Å². The number of carbonyl (C=O) groups is 1. The van der Waals surface area contributed by atoms with Crippen molar-refractivity contribution in [2.45, 2.75) is 6.17 Å². The van der Waals surface area contributed by atoms with Crippen molar-refractivity contribution < 1.29 is 9.72 Å². The lowest BCUT2D eigenvalue weighted by atomic mass is 10.5. The molecule has 7 heteroatoms. The van der Waals surface area contributed by atoms with Crippen LogP contribution in [-0.2, 0) is 0 Å². The van der Waals surface area contributed by atoms with Crippen molar-refractivity contribution in [1.82, 2.24) is 10.0 Å². The lowest BCUT2D eigenvalue weighted by Gasteiger charge is -2.22. The molecular formula is C5H6ClN3O3. The van der Waals surface area contributed by atoms with E-state index in [9.17, 15) is 14.9 Å². The zero-order valence-corrected chi connectivity index (χ0v) is 6.93. The van der Waals surface area contributed by atoms with Crippen LogP contribution in [0.25, 0.3) is 0 Å². The predicted octanol–water partition coefficient (Wildman–Crippen LogP) is 0.624. The van der Waals surface area contributed by atoms with Crippen molar-refractivity contribution in [2.24, 2.45) is 0 Å². The van der Waals surface area contributed by atoms with E-state index in [1.165, 1.54) is 24.3 Å². The van der Waals surface area contributed by atoms with Gasteiger partial charge in [0.1, 0.15) is 0 Å². The molecule has 0 radical (unpaired) electrons. The number of nitrogens with zero attached hydrogens (tertiary/aromatic N) is 3. The number of carbonyl (C=O) groups excluding carboxylic acids is 1. The summed E-state index contributed by atoms with van der Waals surface area (Å²) in [5.74, 6) is 0. The molecule has 1 aliphatic heterocycles. The highest BCUT2D eigenvalue weighted by Gasteiger charge is 2.36. The number of halogens is 1. The van der Waals surface area contributed by atoms with E-state index in [-0.39, 0.29) is 0 Å². The van der Waals surface area contributed by atoms with Crippen molar-refractivity contribution in [3.8, 4) is 0 Å². The van der Waals surface area contributed by atoms with Crippen LogP contribution < -0.4 is 0 Å². The number of rotatable bonds is 1. The number of amides is 1. The Morgan fingerprint density at radius 3 is 2.67 bits per heavy atom. The summed E-state index contributed by atoms with van der Waals surface area (Å²) in [5.41, 5.74) is 0. The van der Waals surface area contributed by atoms with E-state index in [1.807, 2.05) is 0 Å². The summed E-state index contributed by atoms with van der Waals surface area (Å²) in [5, 5.41) is 11.6. The highest BCUT2D eigenvalue weighted by molar-refractivity contribution is 6.62. The van der Waals surface area contributed by atoms with Gasteiger partial charge >= 0.3 is 11.5 Å². The predicted molar refractivity (Wildman–Crippen MR) is 40.8 cm³/mol. The Bertz CT molecular complexity index is 254. The maximum atomic E-state index is 10.7. The fraction of sp³-hybridized carbons (Fsp3) is 0.400. The molecule has 0 N–H and O–H groups in total. The van der Waals surface area contributed by atoms with Gasteiger partial charge in [0.15, 0.2) is 0 Å². The summed E-state index contributed by atoms with van der Waals surface area (Å²) in [7, 11) is 1.50. The van der Waals surface area contributed by atoms with E-state index in [4.69, 9.17) is 11.6 Å². The van der Waals surface area contributed by atoms with Gasteiger partial charge < -0.3 is 0 Å². The second-order valence-corrected chi connectivity index (χ2v) is 2.54. The van der Waals surface area contributed by atoms with Gasteiger partial charge in [-0.05, 0) is 11.6 Å². The Hall–Kier alpha value is -1.30. The molecule has 6 nitrogen and oxygen atoms in total. The second-order valence-electron chi connectivity index (χ2n) is 2.21. The second kappa shape index (κ2) is 2.98. The summed E-state index contributed by atoms with van der Waals surface area (Å²) >= 11 is 5.12. The van der Waals surface area contributed by atoms with Crippen molar-refractivity contribution >= 4 is 17.0 Å². The van der Waals surface area contributed by atoms with E-state index >= 15 is 0 Å². The number of hydrazine groups is 1. The Morgan fingerprint density at radius 2 is 2.33 bits per heavy atom. The largest absolute Gasteiger partial charge is 0.341 e. The summed E-state index contributed by atoms with van der Waals surface area (Å²) in [4.78, 5) is 20.4. The molecule has 1 heterocycles. The van der Waals surface area contributed by atoms with Gasteiger partial charge in [0.05, 0.1) is 4.92 Å². The van der Waals surface area contributed by atoms with Crippen molar-refractivity contribution in [2.75, 3.05) is 7.05 Å². The zero-order chi connectivity index (χ0) is 9.30. The Labute approximate surface area is 73.1 Å². The van der Waals surface area contributed by atoms with Crippen molar-refractivity contribution in [3.05, 3.63) is 22.4 Å². The average Bonchev–Trinajstić information content (AvgIpc) is 2.30. The summed E-state index contributed by atoms with van der Waals surface area (Å²) in [6.07, 6.45) is 1.51. The molecule has 12 heavy (non-hydrogen) atoms. The van der Waals surface area contributed by atoms with Gasteiger partial charge in [0, 0.05) is 19.3 Å². The third-order valence-corrected chi connectivity index (χ3v) is 1.63. The van der Waals surface area contributed by atoms with Crippen LogP contribution in [0.2, 0.25) is 0 Å². The van der Waals surface area contributed by atoms with Gasteiger partial charge in [-0.25, -0.2) is 0 Å². The number of hydrogen-bond acceptors (Lipinski definition) is 4. The molecule has 1 amide bonds. The molecule has 1 rings (SSSR count). The molecule has 1 atom stereocenters. The van der Waals surface area contributed by atoms with Gasteiger partial charge in [0.25, 0.3) is 0 Å². The average molecular weight is 192 g/mol. The first-order chi connectivity index (χ1) is 5.54. The van der Waals surface area contributed by atoms with Crippen LogP contribution in [-0.4, -0.2) is 33.5 Å². The molecule has 0 aromatic carbocycles. The van der Waals surface area contributed by atoms with E-state index < -0.39 is 16.5 Å². The molecular weight excluding hydrogens is 186 g/mol. The van der Waals surface area contributed by atoms with Crippen LogP contribution in [0.15, 0.2) is 12.3 Å². The molecule has 0 saturated heterocycles. The Kier molecular flexibility index (Phi) is 2.18. The summed E-state index contributed by atoms with van der Waals surface area (Å²) in [6.45, 7) is 0. The SMILES string of the molecule is CN1C=CC([N+](=O)[O-])N1C(=O)Cl. The van der Waals surface area contributed by atoms with E-state index in [1.54, 1.807) is 0 Å². The van der Waals surface area contributed by atoms with Gasteiger partial charge in [-0.15, -0.1) is 0 Å². The molecule has 0 bridgehead atoms. The van der Waals surface area contributed by atoms with Crippen LogP contribution in [0.1, 0.15) is 0 Å². The third kappa shape index (κ3) is 1.33. The van der Waals surface area contributed by atoms with E-state index in [0.717, 1.165) is 5.01 Å². The standard InChI is InChI=1S/C5H6ClN3O3/c1-7-3-2-4(9(11)12)8(7)5(6)10/h2-4H,1H3. The van der Waals surface area contributed by atoms with Crippen LogP contribution in [0.5, 0.6) is 0 Å². The van der Waals surface area contributed by atoms with Crippen LogP contribution in [0.4, 0.5) is 4.79 Å². The van der Waals surface area contributed by atoms with E-state index in [2.05, 4.69) is 0 Å². The molecule has 1 aliphatic rings. The fourth-order valence-electron chi connectivity index (χ4n) is 0.929. The van der Waals surface area contributed by atoms with E-state index in [0.29, 0.717) is 0 Å². The van der Waals surface area contributed by atoms with Gasteiger partial charge in [-0.1, -0.05) is 0 Å². The normalized spacial score (nSPS) is 21.7. The van der Waals surface area contributed by atoms with Gasteiger partial charge in [0.2, 0.25) is 0 Å². The zero-order valence-electron chi connectivity index (χ0n) is 6.18. The van der Waals surface area contributed by atoms with Crippen molar-refractivity contribution in [1.29, 1.82) is 0 Å². The molecule has 66 valence electrons. The molecule has 0 saturated carbocycles. The maximum absolute atomic E-state index is 10.7. The minimum Gasteiger partial charge on any atom is -0.286 e. The first-order valence-electron chi connectivity index (χ1n) is 3.07. The van der Waals surface area contributed by atoms with Crippen LogP contribution in [0.3, 0.4) is 0 Å². The highest BCUT2D eigenvalue weighted by Crippen LogP contribution is 2.15. The first kappa shape index (κ1) is 8.79.